The zero-order valence-electron chi connectivity index (χ0n) is 9.32. The molecule has 0 saturated carbocycles. The number of anilines is 1. The van der Waals surface area contributed by atoms with Gasteiger partial charge in [0.1, 0.15) is 18.0 Å². The molecule has 3 nitrogen and oxygen atoms in total. The molecule has 1 N–H and O–H groups in total. The van der Waals surface area contributed by atoms with Gasteiger partial charge in [-0.1, -0.05) is 0 Å². The Labute approximate surface area is 99.5 Å². The molecule has 1 aliphatic heterocycles. The van der Waals surface area contributed by atoms with E-state index in [1.54, 1.807) is 12.3 Å². The van der Waals surface area contributed by atoms with Crippen LogP contribution >= 0.6 is 0 Å². The van der Waals surface area contributed by atoms with Gasteiger partial charge in [-0.15, -0.1) is 0 Å². The lowest BCUT2D eigenvalue weighted by Crippen LogP contribution is -2.23. The second-order valence-corrected chi connectivity index (χ2v) is 3.89. The third-order valence-corrected chi connectivity index (χ3v) is 2.64. The average molecular weight is 232 g/mol. The minimum atomic E-state index is -0.399. The van der Waals surface area contributed by atoms with Gasteiger partial charge in [0.15, 0.2) is 0 Å². The summed E-state index contributed by atoms with van der Waals surface area (Å²) < 4.78 is 18.3. The molecule has 1 aromatic rings. The van der Waals surface area contributed by atoms with E-state index in [9.17, 15) is 4.39 Å². The third-order valence-electron chi connectivity index (χ3n) is 2.64. The first kappa shape index (κ1) is 11.5. The van der Waals surface area contributed by atoms with Crippen LogP contribution in [0.2, 0.25) is 0 Å². The van der Waals surface area contributed by atoms with Gasteiger partial charge in [0, 0.05) is 0 Å². The smallest absolute Gasteiger partial charge is 0.124 e. The first-order chi connectivity index (χ1) is 8.29. The molecule has 0 radical (unpaired) electrons. The summed E-state index contributed by atoms with van der Waals surface area (Å²) in [5.41, 5.74) is 0.961. The average Bonchev–Trinajstić information content (AvgIpc) is 2.38. The second kappa shape index (κ2) is 5.35. The molecule has 2 rings (SSSR count). The van der Waals surface area contributed by atoms with Crippen LogP contribution in [0.5, 0.6) is 0 Å². The Kier molecular flexibility index (Phi) is 3.61. The molecule has 1 heterocycles. The maximum absolute atomic E-state index is 12.9. The first-order valence-corrected chi connectivity index (χ1v) is 5.53. The molecule has 0 saturated heterocycles. The molecule has 0 aliphatic carbocycles. The number of hydrogen-bond acceptors (Lipinski definition) is 3. The summed E-state index contributed by atoms with van der Waals surface area (Å²) >= 11 is 0. The fourth-order valence-corrected chi connectivity index (χ4v) is 1.72. The highest BCUT2D eigenvalue weighted by molar-refractivity contribution is 5.57. The Hall–Kier alpha value is -2.02. The zero-order chi connectivity index (χ0) is 12.1. The van der Waals surface area contributed by atoms with Crippen molar-refractivity contribution < 1.29 is 9.13 Å². The summed E-state index contributed by atoms with van der Waals surface area (Å²) in [6, 6.07) is 6.11. The van der Waals surface area contributed by atoms with E-state index < -0.39 is 5.82 Å². The van der Waals surface area contributed by atoms with Crippen molar-refractivity contribution in [2.24, 2.45) is 0 Å². The first-order valence-electron chi connectivity index (χ1n) is 5.53. The van der Waals surface area contributed by atoms with Gasteiger partial charge >= 0.3 is 0 Å². The normalized spacial score (nSPS) is 18.2. The monoisotopic (exact) mass is 232 g/mol. The molecule has 1 atom stereocenters. The number of nitrogens with one attached hydrogen (secondary N) is 1. The number of halogens is 1. The van der Waals surface area contributed by atoms with Crippen LogP contribution in [0.4, 0.5) is 10.1 Å². The number of nitriles is 1. The van der Waals surface area contributed by atoms with Crippen molar-refractivity contribution in [3.8, 4) is 6.07 Å². The Morgan fingerprint density at radius 1 is 1.53 bits per heavy atom. The van der Waals surface area contributed by atoms with Crippen LogP contribution in [0, 0.1) is 17.1 Å². The standard InChI is InChI=1S/C13H13FN2O/c14-11-4-5-13(10(7-11)8-15)16-9-12-3-1-2-6-17-12/h2,4-7,12,16H,1,3,9H2/t12-/m1/s1. The number of ether oxygens (including phenoxy) is 1. The summed E-state index contributed by atoms with van der Waals surface area (Å²) in [6.07, 6.45) is 5.74. The number of benzene rings is 1. The molecular formula is C13H13FN2O. The van der Waals surface area contributed by atoms with E-state index in [4.69, 9.17) is 10.00 Å². The Morgan fingerprint density at radius 2 is 2.41 bits per heavy atom. The highest BCUT2D eigenvalue weighted by Gasteiger charge is 2.11. The Bertz CT molecular complexity index is 465. The molecule has 1 aliphatic rings. The largest absolute Gasteiger partial charge is 0.497 e. The molecule has 0 bridgehead atoms. The SMILES string of the molecule is N#Cc1cc(F)ccc1NC[C@H]1CCC=CO1. The van der Waals surface area contributed by atoms with Crippen LogP contribution in [-0.4, -0.2) is 12.6 Å². The number of hydrogen-bond donors (Lipinski definition) is 1. The maximum atomic E-state index is 12.9. The summed E-state index contributed by atoms with van der Waals surface area (Å²) in [5, 5.41) is 12.0. The van der Waals surface area contributed by atoms with Gasteiger partial charge in [-0.3, -0.25) is 0 Å². The van der Waals surface area contributed by atoms with Crippen LogP contribution in [0.1, 0.15) is 18.4 Å². The Morgan fingerprint density at radius 3 is 3.12 bits per heavy atom. The predicted octanol–water partition coefficient (Wildman–Crippen LogP) is 2.80. The van der Waals surface area contributed by atoms with E-state index in [0.29, 0.717) is 17.8 Å². The predicted molar refractivity (Wildman–Crippen MR) is 62.9 cm³/mol. The van der Waals surface area contributed by atoms with Gasteiger partial charge < -0.3 is 10.1 Å². The Balaban J connectivity index is 1.99. The fourth-order valence-electron chi connectivity index (χ4n) is 1.72. The molecule has 0 aromatic heterocycles. The molecule has 0 spiro atoms. The molecule has 0 fully saturated rings. The molecular weight excluding hydrogens is 219 g/mol. The molecule has 17 heavy (non-hydrogen) atoms. The molecule has 0 unspecified atom stereocenters. The third kappa shape index (κ3) is 2.97. The van der Waals surface area contributed by atoms with Gasteiger partial charge in [-0.05, 0) is 37.1 Å². The minimum Gasteiger partial charge on any atom is -0.497 e. The van der Waals surface area contributed by atoms with E-state index in [-0.39, 0.29) is 6.10 Å². The van der Waals surface area contributed by atoms with Crippen molar-refractivity contribution >= 4 is 5.69 Å². The van der Waals surface area contributed by atoms with Crippen molar-refractivity contribution in [1.82, 2.24) is 0 Å². The topological polar surface area (TPSA) is 45.0 Å². The summed E-state index contributed by atoms with van der Waals surface area (Å²) in [5.74, 6) is -0.399. The lowest BCUT2D eigenvalue weighted by molar-refractivity contribution is 0.135. The lowest BCUT2D eigenvalue weighted by atomic mass is 10.1. The quantitative estimate of drug-likeness (QED) is 0.871. The minimum absolute atomic E-state index is 0.108. The zero-order valence-corrected chi connectivity index (χ0v) is 9.32. The van der Waals surface area contributed by atoms with Gasteiger partial charge in [0.2, 0.25) is 0 Å². The highest BCUT2D eigenvalue weighted by Crippen LogP contribution is 2.17. The van der Waals surface area contributed by atoms with Crippen LogP contribution in [0.15, 0.2) is 30.5 Å². The summed E-state index contributed by atoms with van der Waals surface area (Å²) in [4.78, 5) is 0. The van der Waals surface area contributed by atoms with Crippen LogP contribution in [0.25, 0.3) is 0 Å². The van der Waals surface area contributed by atoms with Gasteiger partial charge in [-0.25, -0.2) is 4.39 Å². The van der Waals surface area contributed by atoms with Gasteiger partial charge in [0.25, 0.3) is 0 Å². The highest BCUT2D eigenvalue weighted by atomic mass is 19.1. The van der Waals surface area contributed by atoms with Crippen molar-refractivity contribution in [2.45, 2.75) is 18.9 Å². The summed E-state index contributed by atoms with van der Waals surface area (Å²) in [7, 11) is 0. The van der Waals surface area contributed by atoms with Crippen LogP contribution < -0.4 is 5.32 Å². The number of allylic oxidation sites excluding steroid dienone is 1. The van der Waals surface area contributed by atoms with Crippen molar-refractivity contribution in [1.29, 1.82) is 5.26 Å². The van der Waals surface area contributed by atoms with E-state index in [1.807, 2.05) is 12.1 Å². The molecule has 4 heteroatoms. The number of nitrogens with zero attached hydrogens (tertiary/aromatic N) is 1. The van der Waals surface area contributed by atoms with Gasteiger partial charge in [-0.2, -0.15) is 5.26 Å². The van der Waals surface area contributed by atoms with Crippen molar-refractivity contribution in [3.63, 3.8) is 0 Å². The second-order valence-electron chi connectivity index (χ2n) is 3.89. The van der Waals surface area contributed by atoms with E-state index in [0.717, 1.165) is 12.8 Å². The molecule has 1 aromatic carbocycles. The summed E-state index contributed by atoms with van der Waals surface area (Å²) in [6.45, 7) is 0.616. The van der Waals surface area contributed by atoms with E-state index in [1.165, 1.54) is 12.1 Å². The fraction of sp³-hybridized carbons (Fsp3) is 0.308. The number of rotatable bonds is 3. The lowest BCUT2D eigenvalue weighted by Gasteiger charge is -2.20. The maximum Gasteiger partial charge on any atom is 0.124 e. The molecule has 0 amide bonds. The van der Waals surface area contributed by atoms with Gasteiger partial charge in [0.05, 0.1) is 24.1 Å². The van der Waals surface area contributed by atoms with E-state index >= 15 is 0 Å². The van der Waals surface area contributed by atoms with E-state index in [2.05, 4.69) is 5.32 Å². The van der Waals surface area contributed by atoms with Crippen LogP contribution in [-0.2, 0) is 4.74 Å². The van der Waals surface area contributed by atoms with Crippen molar-refractivity contribution in [2.75, 3.05) is 11.9 Å². The van der Waals surface area contributed by atoms with Crippen LogP contribution in [0.3, 0.4) is 0 Å². The molecule has 88 valence electrons. The van der Waals surface area contributed by atoms with Crippen molar-refractivity contribution in [3.05, 3.63) is 41.9 Å².